The van der Waals surface area contributed by atoms with Gasteiger partial charge in [-0.3, -0.25) is 9.69 Å². The van der Waals surface area contributed by atoms with Crippen LogP contribution in [0.5, 0.6) is 0 Å². The van der Waals surface area contributed by atoms with E-state index in [-0.39, 0.29) is 11.4 Å². The van der Waals surface area contributed by atoms with Crippen molar-refractivity contribution < 1.29 is 19.8 Å². The number of carboxylic acid groups (broad SMARTS) is 2. The highest BCUT2D eigenvalue weighted by molar-refractivity contribution is 6.07. The summed E-state index contributed by atoms with van der Waals surface area (Å²) in [7, 11) is 0. The first-order chi connectivity index (χ1) is 13.3. The summed E-state index contributed by atoms with van der Waals surface area (Å²) in [6.45, 7) is 4.83. The molecular weight excluding hydrogens is 362 g/mol. The van der Waals surface area contributed by atoms with Gasteiger partial charge in [-0.25, -0.2) is 9.59 Å². The van der Waals surface area contributed by atoms with Gasteiger partial charge in [0.05, 0.1) is 0 Å². The summed E-state index contributed by atoms with van der Waals surface area (Å²) in [5.41, 5.74) is 4.81. The van der Waals surface area contributed by atoms with E-state index in [0.717, 1.165) is 25.1 Å². The summed E-state index contributed by atoms with van der Waals surface area (Å²) < 4.78 is 0. The Kier molecular flexibility index (Phi) is 5.51. The number of hydrogen-bond acceptors (Lipinski definition) is 5. The molecule has 2 aromatic rings. The molecule has 1 aromatic carbocycles. The first-order valence-corrected chi connectivity index (χ1v) is 9.12. The fraction of sp³-hybridized carbons (Fsp3) is 0.350. The van der Waals surface area contributed by atoms with Gasteiger partial charge in [0.1, 0.15) is 16.9 Å². The summed E-state index contributed by atoms with van der Waals surface area (Å²) >= 11 is 0. The number of nitrogens with zero attached hydrogens (tertiary/aromatic N) is 1. The molecule has 1 unspecified atom stereocenters. The lowest BCUT2D eigenvalue weighted by atomic mass is 9.94. The molecule has 5 N–H and O–H groups in total. The van der Waals surface area contributed by atoms with Crippen LogP contribution in [0.1, 0.15) is 46.0 Å². The molecule has 0 radical (unpaired) electrons. The van der Waals surface area contributed by atoms with Crippen molar-refractivity contribution in [2.45, 2.75) is 26.3 Å². The molecule has 0 spiro atoms. The molecule has 1 aliphatic rings. The van der Waals surface area contributed by atoms with Crippen LogP contribution < -0.4 is 11.3 Å². The van der Waals surface area contributed by atoms with Gasteiger partial charge in [-0.15, -0.1) is 0 Å². The number of piperidine rings is 1. The lowest BCUT2D eigenvalue weighted by molar-refractivity contribution is 0.0695. The maximum Gasteiger partial charge on any atom is 0.342 e. The number of aromatic carboxylic acids is 2. The normalized spacial score (nSPS) is 17.4. The molecule has 1 atom stereocenters. The van der Waals surface area contributed by atoms with Gasteiger partial charge in [-0.1, -0.05) is 25.1 Å². The molecule has 28 heavy (non-hydrogen) atoms. The predicted octanol–water partition coefficient (Wildman–Crippen LogP) is 2.25. The molecule has 8 nitrogen and oxygen atoms in total. The fourth-order valence-corrected chi connectivity index (χ4v) is 3.85. The second-order valence-corrected chi connectivity index (χ2v) is 7.29. The monoisotopic (exact) mass is 385 g/mol. The molecule has 1 saturated heterocycles. The lowest BCUT2D eigenvalue weighted by Gasteiger charge is -2.30. The minimum atomic E-state index is -1.51. The smallest absolute Gasteiger partial charge is 0.342 e. The van der Waals surface area contributed by atoms with E-state index < -0.39 is 28.6 Å². The van der Waals surface area contributed by atoms with Crippen LogP contribution in [-0.4, -0.2) is 45.1 Å². The minimum Gasteiger partial charge on any atom is -0.478 e. The van der Waals surface area contributed by atoms with Gasteiger partial charge < -0.3 is 20.9 Å². The van der Waals surface area contributed by atoms with Crippen LogP contribution in [0.25, 0.3) is 11.1 Å². The van der Waals surface area contributed by atoms with E-state index >= 15 is 0 Å². The van der Waals surface area contributed by atoms with Crippen molar-refractivity contribution in [2.75, 3.05) is 18.8 Å². The maximum atomic E-state index is 12.2. The van der Waals surface area contributed by atoms with Gasteiger partial charge in [-0.05, 0) is 42.5 Å². The summed E-state index contributed by atoms with van der Waals surface area (Å²) in [5, 5.41) is 19.1. The molecule has 0 amide bonds. The van der Waals surface area contributed by atoms with Crippen LogP contribution in [0.15, 0.2) is 29.1 Å². The quantitative estimate of drug-likeness (QED) is 0.619. The highest BCUT2D eigenvalue weighted by Crippen LogP contribution is 2.30. The van der Waals surface area contributed by atoms with Crippen molar-refractivity contribution in [3.8, 4) is 11.1 Å². The zero-order chi connectivity index (χ0) is 20.4. The fourth-order valence-electron chi connectivity index (χ4n) is 3.85. The SMILES string of the molecule is CC1CCCN(Cc2cccc(-c3c(C(=O)O)c(N)[nH]c(=O)c3C(=O)O)c2)C1. The van der Waals surface area contributed by atoms with E-state index in [2.05, 4.69) is 16.8 Å². The van der Waals surface area contributed by atoms with Crippen molar-refractivity contribution in [3.63, 3.8) is 0 Å². The van der Waals surface area contributed by atoms with E-state index in [4.69, 9.17) is 5.73 Å². The molecule has 0 saturated carbocycles. The summed E-state index contributed by atoms with van der Waals surface area (Å²) in [6.07, 6.45) is 2.32. The third kappa shape index (κ3) is 3.91. The van der Waals surface area contributed by atoms with Gasteiger partial charge in [0.25, 0.3) is 5.56 Å². The van der Waals surface area contributed by atoms with E-state index in [0.29, 0.717) is 18.0 Å². The number of rotatable bonds is 5. The average Bonchev–Trinajstić information content (AvgIpc) is 2.60. The summed E-state index contributed by atoms with van der Waals surface area (Å²) in [4.78, 5) is 40.0. The first kappa shape index (κ1) is 19.6. The van der Waals surface area contributed by atoms with Crippen LogP contribution >= 0.6 is 0 Å². The maximum absolute atomic E-state index is 12.2. The van der Waals surface area contributed by atoms with E-state index in [1.165, 1.54) is 6.42 Å². The van der Waals surface area contributed by atoms with Gasteiger partial charge in [-0.2, -0.15) is 0 Å². The Morgan fingerprint density at radius 2 is 1.96 bits per heavy atom. The Morgan fingerprint density at radius 3 is 2.61 bits per heavy atom. The van der Waals surface area contributed by atoms with Crippen molar-refractivity contribution >= 4 is 17.8 Å². The van der Waals surface area contributed by atoms with Gasteiger partial charge >= 0.3 is 11.9 Å². The number of likely N-dealkylation sites (tertiary alicyclic amines) is 1. The predicted molar refractivity (Wildman–Crippen MR) is 105 cm³/mol. The third-order valence-corrected chi connectivity index (χ3v) is 5.04. The minimum absolute atomic E-state index is 0.171. The molecule has 148 valence electrons. The van der Waals surface area contributed by atoms with Crippen molar-refractivity contribution in [2.24, 2.45) is 5.92 Å². The number of H-pyrrole nitrogens is 1. The second kappa shape index (κ2) is 7.85. The van der Waals surface area contributed by atoms with Gasteiger partial charge in [0.15, 0.2) is 0 Å². The molecule has 3 rings (SSSR count). The number of aromatic amines is 1. The van der Waals surface area contributed by atoms with Crippen LogP contribution in [0.4, 0.5) is 5.82 Å². The number of aromatic nitrogens is 1. The molecule has 0 aliphatic carbocycles. The molecule has 1 fully saturated rings. The number of nitrogen functional groups attached to an aromatic ring is 1. The Bertz CT molecular complexity index is 982. The highest BCUT2D eigenvalue weighted by Gasteiger charge is 2.26. The molecule has 0 bridgehead atoms. The molecule has 1 aliphatic heterocycles. The number of nitrogens with two attached hydrogens (primary N) is 1. The summed E-state index contributed by atoms with van der Waals surface area (Å²) in [6, 6.07) is 6.95. The molecular formula is C20H23N3O5. The number of carboxylic acids is 2. The Labute approximate surface area is 161 Å². The lowest BCUT2D eigenvalue weighted by Crippen LogP contribution is -2.33. The first-order valence-electron chi connectivity index (χ1n) is 9.12. The standard InChI is InChI=1S/C20H23N3O5/c1-11-4-3-7-23(9-11)10-12-5-2-6-13(8-12)14-15(19(25)26)17(21)22-18(24)16(14)20(27)28/h2,5-6,8,11H,3-4,7,9-10H2,1H3,(H,25,26)(H,27,28)(H3,21,22,24). The zero-order valence-corrected chi connectivity index (χ0v) is 15.6. The Hall–Kier alpha value is -3.13. The molecule has 2 heterocycles. The topological polar surface area (TPSA) is 137 Å². The van der Waals surface area contributed by atoms with E-state index in [1.54, 1.807) is 18.2 Å². The van der Waals surface area contributed by atoms with Crippen LogP contribution in [-0.2, 0) is 6.54 Å². The number of carbonyl (C=O) groups is 2. The number of hydrogen-bond donors (Lipinski definition) is 4. The van der Waals surface area contributed by atoms with Crippen LogP contribution in [0.3, 0.4) is 0 Å². The summed E-state index contributed by atoms with van der Waals surface area (Å²) in [5.74, 6) is -2.66. The number of benzene rings is 1. The van der Waals surface area contributed by atoms with E-state index in [1.807, 2.05) is 6.07 Å². The average molecular weight is 385 g/mol. The third-order valence-electron chi connectivity index (χ3n) is 5.04. The second-order valence-electron chi connectivity index (χ2n) is 7.29. The number of pyridine rings is 1. The van der Waals surface area contributed by atoms with Crippen molar-refractivity contribution in [1.29, 1.82) is 0 Å². The van der Waals surface area contributed by atoms with Crippen LogP contribution in [0, 0.1) is 5.92 Å². The molecule has 8 heteroatoms. The van der Waals surface area contributed by atoms with Gasteiger partial charge in [0, 0.05) is 18.7 Å². The Balaban J connectivity index is 2.09. The highest BCUT2D eigenvalue weighted by atomic mass is 16.4. The van der Waals surface area contributed by atoms with Crippen LogP contribution in [0.2, 0.25) is 0 Å². The van der Waals surface area contributed by atoms with E-state index in [9.17, 15) is 24.6 Å². The van der Waals surface area contributed by atoms with Crippen molar-refractivity contribution in [1.82, 2.24) is 9.88 Å². The van der Waals surface area contributed by atoms with Crippen molar-refractivity contribution in [3.05, 3.63) is 51.3 Å². The zero-order valence-electron chi connectivity index (χ0n) is 15.6. The Morgan fingerprint density at radius 1 is 1.25 bits per heavy atom. The molecule has 1 aromatic heterocycles. The van der Waals surface area contributed by atoms with Gasteiger partial charge in [0.2, 0.25) is 0 Å². The number of anilines is 1. The number of nitrogens with one attached hydrogen (secondary N) is 1. The largest absolute Gasteiger partial charge is 0.478 e.